The van der Waals surface area contributed by atoms with E-state index < -0.39 is 23.1 Å². The maximum absolute atomic E-state index is 15.0. The van der Waals surface area contributed by atoms with Crippen molar-refractivity contribution in [1.29, 1.82) is 0 Å². The molecule has 2 heterocycles. The summed E-state index contributed by atoms with van der Waals surface area (Å²) in [4.78, 5) is 28.7. The molecule has 0 radical (unpaired) electrons. The second-order valence-electron chi connectivity index (χ2n) is 7.64. The van der Waals surface area contributed by atoms with Crippen LogP contribution in [0, 0.1) is 25.5 Å². The van der Waals surface area contributed by atoms with Gasteiger partial charge in [-0.25, -0.2) is 8.78 Å². The van der Waals surface area contributed by atoms with Crippen LogP contribution in [0.2, 0.25) is 0 Å². The Labute approximate surface area is 197 Å². The number of ether oxygens (including phenoxy) is 1. The molecule has 0 fully saturated rings. The third-order valence-electron chi connectivity index (χ3n) is 5.53. The fourth-order valence-corrected chi connectivity index (χ4v) is 3.63. The van der Waals surface area contributed by atoms with Crippen LogP contribution in [0.1, 0.15) is 35.3 Å². The number of benzene rings is 2. The van der Waals surface area contributed by atoms with E-state index in [-0.39, 0.29) is 40.0 Å². The zero-order valence-electron chi connectivity index (χ0n) is 20.1. The monoisotopic (exact) mass is 467 g/mol. The molecule has 2 aromatic carbocycles. The summed E-state index contributed by atoms with van der Waals surface area (Å²) in [6.07, 6.45) is 0. The van der Waals surface area contributed by atoms with E-state index in [9.17, 15) is 18.4 Å². The lowest BCUT2D eigenvalue weighted by Crippen LogP contribution is -2.43. The van der Waals surface area contributed by atoms with Crippen molar-refractivity contribution in [3.63, 3.8) is 0 Å². The van der Waals surface area contributed by atoms with Crippen molar-refractivity contribution < 1.29 is 18.3 Å². The van der Waals surface area contributed by atoms with Gasteiger partial charge in [0.15, 0.2) is 0 Å². The number of fused-ring (bicyclic) bond motifs is 1. The first-order valence-electron chi connectivity index (χ1n) is 10.8. The minimum atomic E-state index is -0.542. The van der Waals surface area contributed by atoms with Gasteiger partial charge in [0, 0.05) is 25.7 Å². The molecule has 1 amide bonds. The van der Waals surface area contributed by atoms with Gasteiger partial charge in [-0.05, 0) is 43.7 Å². The molecule has 4 rings (SSSR count). The van der Waals surface area contributed by atoms with E-state index in [1.165, 1.54) is 59.7 Å². The number of hydrogen-bond acceptors (Lipinski definition) is 4. The standard InChI is InChI=1S/C24H21F2N3O3.C2H6/c1-13-9-10-18(17(26)11-13)29-15(3)27(4)24(31)22-20(12-21(30)28(5)23(22)29)32-19-8-6-7-16(25)14(19)2;1-2/h6-12H,3H2,1-2,4-5H3;1-2H3. The molecular formula is C26H27F2N3O3. The summed E-state index contributed by atoms with van der Waals surface area (Å²) in [7, 11) is 2.97. The topological polar surface area (TPSA) is 54.8 Å². The fourth-order valence-electron chi connectivity index (χ4n) is 3.63. The summed E-state index contributed by atoms with van der Waals surface area (Å²) in [6.45, 7) is 11.2. The fraction of sp³-hybridized carbons (Fsp3) is 0.231. The molecule has 8 heteroatoms. The smallest absolute Gasteiger partial charge is 0.266 e. The Morgan fingerprint density at radius 1 is 0.912 bits per heavy atom. The average molecular weight is 468 g/mol. The lowest BCUT2D eigenvalue weighted by molar-refractivity contribution is 0.0823. The maximum atomic E-state index is 15.0. The van der Waals surface area contributed by atoms with Gasteiger partial charge >= 0.3 is 0 Å². The highest BCUT2D eigenvalue weighted by atomic mass is 19.1. The number of aryl methyl sites for hydroxylation is 1. The maximum Gasteiger partial charge on any atom is 0.266 e. The molecule has 0 spiro atoms. The summed E-state index contributed by atoms with van der Waals surface area (Å²) >= 11 is 0. The van der Waals surface area contributed by atoms with Crippen molar-refractivity contribution >= 4 is 17.4 Å². The number of amides is 1. The molecule has 3 aromatic rings. The predicted molar refractivity (Wildman–Crippen MR) is 129 cm³/mol. The van der Waals surface area contributed by atoms with Crippen molar-refractivity contribution in [2.45, 2.75) is 27.7 Å². The van der Waals surface area contributed by atoms with Crippen molar-refractivity contribution in [2.24, 2.45) is 7.05 Å². The number of halogens is 2. The Hall–Kier alpha value is -3.94. The number of nitrogens with zero attached hydrogens (tertiary/aromatic N) is 3. The molecule has 1 aliphatic rings. The number of carbonyl (C=O) groups excluding carboxylic acids is 1. The minimum Gasteiger partial charge on any atom is -0.456 e. The van der Waals surface area contributed by atoms with Crippen LogP contribution in [0.4, 0.5) is 20.3 Å². The second-order valence-corrected chi connectivity index (χ2v) is 7.64. The minimum absolute atomic E-state index is 0.0330. The highest BCUT2D eigenvalue weighted by Crippen LogP contribution is 2.42. The predicted octanol–water partition coefficient (Wildman–Crippen LogP) is 5.79. The van der Waals surface area contributed by atoms with Crippen LogP contribution in [-0.2, 0) is 7.05 Å². The van der Waals surface area contributed by atoms with Crippen LogP contribution in [0.5, 0.6) is 11.5 Å². The second kappa shape index (κ2) is 9.51. The van der Waals surface area contributed by atoms with Gasteiger partial charge < -0.3 is 4.74 Å². The quantitative estimate of drug-likeness (QED) is 0.489. The Balaban J connectivity index is 0.00000158. The molecule has 0 atom stereocenters. The molecule has 0 unspecified atom stereocenters. The van der Waals surface area contributed by atoms with E-state index >= 15 is 0 Å². The Bertz CT molecular complexity index is 1350. The van der Waals surface area contributed by atoms with Gasteiger partial charge in [0.2, 0.25) is 0 Å². The Kier molecular flexibility index (Phi) is 6.91. The third-order valence-corrected chi connectivity index (χ3v) is 5.53. The number of hydrogen-bond donors (Lipinski definition) is 0. The molecule has 0 N–H and O–H groups in total. The molecule has 6 nitrogen and oxygen atoms in total. The summed E-state index contributed by atoms with van der Waals surface area (Å²) < 4.78 is 36.1. The van der Waals surface area contributed by atoms with Crippen LogP contribution < -0.4 is 15.2 Å². The van der Waals surface area contributed by atoms with Crippen molar-refractivity contribution in [3.8, 4) is 11.5 Å². The molecule has 34 heavy (non-hydrogen) atoms. The highest BCUT2D eigenvalue weighted by molar-refractivity contribution is 6.06. The molecular weight excluding hydrogens is 440 g/mol. The van der Waals surface area contributed by atoms with Crippen LogP contribution in [0.3, 0.4) is 0 Å². The number of rotatable bonds is 3. The molecule has 0 aliphatic carbocycles. The van der Waals surface area contributed by atoms with Crippen molar-refractivity contribution in [1.82, 2.24) is 9.47 Å². The molecule has 178 valence electrons. The summed E-state index contributed by atoms with van der Waals surface area (Å²) in [6, 6.07) is 10.1. The van der Waals surface area contributed by atoms with Crippen molar-refractivity contribution in [2.75, 3.05) is 11.9 Å². The SMILES string of the molecule is C=C1N(C)C(=O)c2c(Oc3cccc(F)c3C)cc(=O)n(C)c2N1c1ccc(C)cc1F.CC. The highest BCUT2D eigenvalue weighted by Gasteiger charge is 2.38. The van der Waals surface area contributed by atoms with Gasteiger partial charge in [-0.1, -0.05) is 32.6 Å². The first-order chi connectivity index (χ1) is 16.1. The first kappa shape index (κ1) is 24.7. The molecule has 0 saturated heterocycles. The van der Waals surface area contributed by atoms with Gasteiger partial charge in [-0.15, -0.1) is 0 Å². The summed E-state index contributed by atoms with van der Waals surface area (Å²) in [5, 5.41) is 0. The lowest BCUT2D eigenvalue weighted by atomic mass is 10.1. The van der Waals surface area contributed by atoms with E-state index in [1.54, 1.807) is 19.1 Å². The summed E-state index contributed by atoms with van der Waals surface area (Å²) in [5.74, 6) is -1.14. The van der Waals surface area contributed by atoms with Gasteiger partial charge in [-0.2, -0.15) is 0 Å². The lowest BCUT2D eigenvalue weighted by Gasteiger charge is -2.39. The van der Waals surface area contributed by atoms with Gasteiger partial charge in [-0.3, -0.25) is 24.0 Å². The first-order valence-corrected chi connectivity index (χ1v) is 10.8. The van der Waals surface area contributed by atoms with Gasteiger partial charge in [0.1, 0.15) is 40.3 Å². The van der Waals surface area contributed by atoms with Crippen LogP contribution in [0.25, 0.3) is 0 Å². The Morgan fingerprint density at radius 2 is 1.59 bits per heavy atom. The largest absolute Gasteiger partial charge is 0.456 e. The molecule has 1 aromatic heterocycles. The zero-order valence-corrected chi connectivity index (χ0v) is 20.1. The number of pyridine rings is 1. The van der Waals surface area contributed by atoms with E-state index in [0.717, 1.165) is 6.07 Å². The molecule has 0 saturated carbocycles. The van der Waals surface area contributed by atoms with Crippen molar-refractivity contribution in [3.05, 3.63) is 93.5 Å². The van der Waals surface area contributed by atoms with Gasteiger partial charge in [0.05, 0.1) is 5.69 Å². The van der Waals surface area contributed by atoms with Gasteiger partial charge in [0.25, 0.3) is 11.5 Å². The normalized spacial score (nSPS) is 12.8. The van der Waals surface area contributed by atoms with E-state index in [1.807, 2.05) is 13.8 Å². The van der Waals surface area contributed by atoms with E-state index in [4.69, 9.17) is 4.74 Å². The third kappa shape index (κ3) is 4.07. The van der Waals surface area contributed by atoms with Crippen LogP contribution in [0.15, 0.2) is 59.7 Å². The number of aromatic nitrogens is 1. The molecule has 1 aliphatic heterocycles. The molecule has 0 bridgehead atoms. The Morgan fingerprint density at radius 3 is 2.24 bits per heavy atom. The van der Waals surface area contributed by atoms with Crippen LogP contribution in [-0.4, -0.2) is 22.4 Å². The van der Waals surface area contributed by atoms with Crippen LogP contribution >= 0.6 is 0 Å². The zero-order chi connectivity index (χ0) is 25.3. The number of carbonyl (C=O) groups is 1. The number of anilines is 2. The van der Waals surface area contributed by atoms with E-state index in [0.29, 0.717) is 5.56 Å². The summed E-state index contributed by atoms with van der Waals surface area (Å²) in [5.41, 5.74) is 0.604. The van der Waals surface area contributed by atoms with E-state index in [2.05, 4.69) is 6.58 Å². The average Bonchev–Trinajstić information content (AvgIpc) is 2.80.